The van der Waals surface area contributed by atoms with Crippen LogP contribution in [-0.2, 0) is 0 Å². The van der Waals surface area contributed by atoms with Crippen LogP contribution in [0.5, 0.6) is 5.75 Å². The normalized spacial score (nSPS) is 12.2. The van der Waals surface area contributed by atoms with E-state index >= 15 is 0 Å². The van der Waals surface area contributed by atoms with Gasteiger partial charge in [-0.15, -0.1) is 0 Å². The Morgan fingerprint density at radius 2 is 1.62 bits per heavy atom. The van der Waals surface area contributed by atoms with Crippen molar-refractivity contribution >= 4 is 0 Å². The monoisotopic (exact) mass is 283 g/mol. The van der Waals surface area contributed by atoms with Crippen LogP contribution in [0.2, 0.25) is 0 Å². The first-order chi connectivity index (χ1) is 10.1. The molecular weight excluding hydrogens is 258 g/mol. The molecule has 0 saturated carbocycles. The number of hydrogen-bond acceptors (Lipinski definition) is 2. The zero-order valence-electron chi connectivity index (χ0n) is 13.4. The first-order valence-corrected chi connectivity index (χ1v) is 7.57. The zero-order chi connectivity index (χ0) is 15.2. The van der Waals surface area contributed by atoms with E-state index in [1.165, 1.54) is 22.3 Å². The van der Waals surface area contributed by atoms with Crippen molar-refractivity contribution in [3.8, 4) is 5.75 Å². The van der Waals surface area contributed by atoms with Crippen molar-refractivity contribution in [2.45, 2.75) is 33.7 Å². The van der Waals surface area contributed by atoms with Gasteiger partial charge in [0, 0.05) is 12.6 Å². The number of hydrogen-bond donors (Lipinski definition) is 1. The lowest BCUT2D eigenvalue weighted by atomic mass is 9.95. The maximum absolute atomic E-state index is 5.71. The molecule has 0 heterocycles. The molecule has 1 N–H and O–H groups in total. The number of benzene rings is 2. The summed E-state index contributed by atoms with van der Waals surface area (Å²) in [5.74, 6) is 0.926. The van der Waals surface area contributed by atoms with Gasteiger partial charge in [0.1, 0.15) is 12.4 Å². The fraction of sp³-hybridized carbons (Fsp3) is 0.368. The third kappa shape index (κ3) is 4.33. The molecule has 0 saturated heterocycles. The summed E-state index contributed by atoms with van der Waals surface area (Å²) in [6, 6.07) is 14.8. The summed E-state index contributed by atoms with van der Waals surface area (Å²) >= 11 is 0. The van der Waals surface area contributed by atoms with Crippen LogP contribution >= 0.6 is 0 Å². The second-order valence-electron chi connectivity index (χ2n) is 5.65. The molecule has 1 atom stereocenters. The third-order valence-electron chi connectivity index (χ3n) is 3.74. The summed E-state index contributed by atoms with van der Waals surface area (Å²) < 4.78 is 5.71. The lowest BCUT2D eigenvalue weighted by molar-refractivity contribution is 0.307. The highest BCUT2D eigenvalue weighted by atomic mass is 16.5. The maximum atomic E-state index is 5.71. The molecule has 0 amide bonds. The van der Waals surface area contributed by atoms with Gasteiger partial charge >= 0.3 is 0 Å². The van der Waals surface area contributed by atoms with Crippen LogP contribution in [-0.4, -0.2) is 13.2 Å². The SMILES string of the molecule is Cc1cc(C)c(C(C)NCCOc2ccccc2)c(C)c1. The van der Waals surface area contributed by atoms with E-state index in [2.05, 4.69) is 45.1 Å². The number of aryl methyl sites for hydroxylation is 3. The molecule has 2 rings (SSSR count). The van der Waals surface area contributed by atoms with Gasteiger partial charge in [-0.1, -0.05) is 35.9 Å². The van der Waals surface area contributed by atoms with Crippen molar-refractivity contribution in [1.29, 1.82) is 0 Å². The molecule has 1 unspecified atom stereocenters. The molecule has 112 valence electrons. The lowest BCUT2D eigenvalue weighted by Gasteiger charge is -2.20. The Labute approximate surface area is 128 Å². The largest absolute Gasteiger partial charge is 0.492 e. The fourth-order valence-corrected chi connectivity index (χ4v) is 2.94. The first-order valence-electron chi connectivity index (χ1n) is 7.57. The summed E-state index contributed by atoms with van der Waals surface area (Å²) in [6.45, 7) is 10.3. The Balaban J connectivity index is 1.86. The maximum Gasteiger partial charge on any atom is 0.119 e. The summed E-state index contributed by atoms with van der Waals surface area (Å²) in [4.78, 5) is 0. The van der Waals surface area contributed by atoms with Crippen molar-refractivity contribution in [3.05, 3.63) is 64.7 Å². The van der Waals surface area contributed by atoms with Gasteiger partial charge in [0.15, 0.2) is 0 Å². The Kier molecular flexibility index (Phi) is 5.40. The van der Waals surface area contributed by atoms with E-state index in [-0.39, 0.29) is 0 Å². The van der Waals surface area contributed by atoms with Crippen LogP contribution in [0.1, 0.15) is 35.2 Å². The van der Waals surface area contributed by atoms with Crippen molar-refractivity contribution in [3.63, 3.8) is 0 Å². The molecule has 2 nitrogen and oxygen atoms in total. The Hall–Kier alpha value is -1.80. The molecule has 0 bridgehead atoms. The second kappa shape index (κ2) is 7.28. The summed E-state index contributed by atoms with van der Waals surface area (Å²) in [6.07, 6.45) is 0. The molecule has 2 heteroatoms. The van der Waals surface area contributed by atoms with Crippen LogP contribution in [0, 0.1) is 20.8 Å². The van der Waals surface area contributed by atoms with Gasteiger partial charge in [-0.05, 0) is 56.5 Å². The van der Waals surface area contributed by atoms with E-state index in [1.54, 1.807) is 0 Å². The smallest absolute Gasteiger partial charge is 0.119 e. The predicted octanol–water partition coefficient (Wildman–Crippen LogP) is 4.34. The van der Waals surface area contributed by atoms with Crippen LogP contribution < -0.4 is 10.1 Å². The van der Waals surface area contributed by atoms with E-state index in [4.69, 9.17) is 4.74 Å². The summed E-state index contributed by atoms with van der Waals surface area (Å²) in [7, 11) is 0. The van der Waals surface area contributed by atoms with Crippen LogP contribution in [0.3, 0.4) is 0 Å². The average Bonchev–Trinajstić information content (AvgIpc) is 2.43. The molecule has 0 fully saturated rings. The van der Waals surface area contributed by atoms with Crippen LogP contribution in [0.4, 0.5) is 0 Å². The molecule has 0 aliphatic rings. The molecule has 21 heavy (non-hydrogen) atoms. The number of para-hydroxylation sites is 1. The molecular formula is C19H25NO. The highest BCUT2D eigenvalue weighted by Gasteiger charge is 2.11. The van der Waals surface area contributed by atoms with Crippen molar-refractivity contribution < 1.29 is 4.74 Å². The highest BCUT2D eigenvalue weighted by molar-refractivity contribution is 5.39. The van der Waals surface area contributed by atoms with Gasteiger partial charge in [0.05, 0.1) is 0 Å². The average molecular weight is 283 g/mol. The fourth-order valence-electron chi connectivity index (χ4n) is 2.94. The Bertz CT molecular complexity index is 554. The second-order valence-corrected chi connectivity index (χ2v) is 5.65. The molecule has 2 aromatic rings. The summed E-state index contributed by atoms with van der Waals surface area (Å²) in [5.41, 5.74) is 5.45. The topological polar surface area (TPSA) is 21.3 Å². The van der Waals surface area contributed by atoms with Crippen LogP contribution in [0.15, 0.2) is 42.5 Å². The molecule has 0 radical (unpaired) electrons. The lowest BCUT2D eigenvalue weighted by Crippen LogP contribution is -2.25. The zero-order valence-corrected chi connectivity index (χ0v) is 13.4. The quantitative estimate of drug-likeness (QED) is 0.796. The van der Waals surface area contributed by atoms with E-state index in [0.29, 0.717) is 12.6 Å². The van der Waals surface area contributed by atoms with Crippen molar-refractivity contribution in [1.82, 2.24) is 5.32 Å². The van der Waals surface area contributed by atoms with Gasteiger partial charge in [0.25, 0.3) is 0 Å². The van der Waals surface area contributed by atoms with E-state index in [1.807, 2.05) is 30.3 Å². The summed E-state index contributed by atoms with van der Waals surface area (Å²) in [5, 5.41) is 3.55. The third-order valence-corrected chi connectivity index (χ3v) is 3.74. The van der Waals surface area contributed by atoms with Gasteiger partial charge in [-0.25, -0.2) is 0 Å². The first kappa shape index (κ1) is 15.6. The van der Waals surface area contributed by atoms with Gasteiger partial charge in [-0.2, -0.15) is 0 Å². The van der Waals surface area contributed by atoms with Gasteiger partial charge in [-0.3, -0.25) is 0 Å². The number of rotatable bonds is 6. The van der Waals surface area contributed by atoms with Gasteiger partial charge < -0.3 is 10.1 Å². The van der Waals surface area contributed by atoms with Crippen molar-refractivity contribution in [2.24, 2.45) is 0 Å². The van der Waals surface area contributed by atoms with Crippen LogP contribution in [0.25, 0.3) is 0 Å². The van der Waals surface area contributed by atoms with Gasteiger partial charge in [0.2, 0.25) is 0 Å². The predicted molar refractivity (Wildman–Crippen MR) is 89.0 cm³/mol. The molecule has 0 aliphatic heterocycles. The van der Waals surface area contributed by atoms with E-state index in [0.717, 1.165) is 12.3 Å². The molecule has 0 aromatic heterocycles. The minimum atomic E-state index is 0.338. The molecule has 0 aliphatic carbocycles. The Morgan fingerprint density at radius 3 is 2.24 bits per heavy atom. The van der Waals surface area contributed by atoms with E-state index in [9.17, 15) is 0 Å². The minimum absolute atomic E-state index is 0.338. The van der Waals surface area contributed by atoms with E-state index < -0.39 is 0 Å². The number of nitrogens with one attached hydrogen (secondary N) is 1. The minimum Gasteiger partial charge on any atom is -0.492 e. The molecule has 2 aromatic carbocycles. The van der Waals surface area contributed by atoms with Crippen molar-refractivity contribution in [2.75, 3.05) is 13.2 Å². The standard InChI is InChI=1S/C19H25NO/c1-14-12-15(2)19(16(3)13-14)17(4)20-10-11-21-18-8-6-5-7-9-18/h5-9,12-13,17,20H,10-11H2,1-4H3. The molecule has 0 spiro atoms. The Morgan fingerprint density at radius 1 is 1.00 bits per heavy atom. The highest BCUT2D eigenvalue weighted by Crippen LogP contribution is 2.23. The number of ether oxygens (including phenoxy) is 1.